The van der Waals surface area contributed by atoms with Gasteiger partial charge in [-0.15, -0.1) is 0 Å². The molecule has 1 fully saturated rings. The number of aromatic nitrogens is 1. The lowest BCUT2D eigenvalue weighted by Crippen LogP contribution is -2.65. The Kier molecular flexibility index (Phi) is 7.66. The fourth-order valence-corrected chi connectivity index (χ4v) is 8.86. The third-order valence-corrected chi connectivity index (χ3v) is 11.1. The Morgan fingerprint density at radius 2 is 1.80 bits per heavy atom. The third kappa shape index (κ3) is 4.63. The van der Waals surface area contributed by atoms with Crippen LogP contribution in [0.1, 0.15) is 34.6 Å². The van der Waals surface area contributed by atoms with Crippen molar-refractivity contribution in [3.63, 3.8) is 0 Å². The minimum absolute atomic E-state index is 0.0404. The van der Waals surface area contributed by atoms with Crippen molar-refractivity contribution in [3.8, 4) is 5.75 Å². The zero-order valence-electron chi connectivity index (χ0n) is 25.7. The summed E-state index contributed by atoms with van der Waals surface area (Å²) in [4.78, 5) is 42.7. The van der Waals surface area contributed by atoms with Crippen LogP contribution in [0, 0.1) is 25.7 Å². The number of aliphatic hydroxyl groups excluding tert-OH is 2. The quantitative estimate of drug-likeness (QED) is 0.261. The summed E-state index contributed by atoms with van der Waals surface area (Å²) in [7, 11) is 2.63. The molecule has 2 aromatic rings. The summed E-state index contributed by atoms with van der Waals surface area (Å²) in [5.74, 6) is -7.77. The molecule has 4 atom stereocenters. The van der Waals surface area contributed by atoms with E-state index in [-0.39, 0.29) is 52.3 Å². The molecule has 0 spiro atoms. The van der Waals surface area contributed by atoms with E-state index < -0.39 is 79.4 Å². The second-order valence-corrected chi connectivity index (χ2v) is 14.4. The number of aryl methyl sites for hydroxylation is 3. The second kappa shape index (κ2) is 10.7. The number of aliphatic hydroxyl groups is 3. The van der Waals surface area contributed by atoms with Crippen LogP contribution in [-0.2, 0) is 37.1 Å². The Morgan fingerprint density at radius 3 is 2.33 bits per heavy atom. The Labute approximate surface area is 259 Å². The van der Waals surface area contributed by atoms with Crippen LogP contribution in [0.15, 0.2) is 32.4 Å². The van der Waals surface area contributed by atoms with E-state index in [9.17, 15) is 43.2 Å². The van der Waals surface area contributed by atoms with Gasteiger partial charge < -0.3 is 35.6 Å². The standard InChI is InChI=1S/C30H36N4O10S/c1-12-26(13(2)44-32-12)45(42,43)8-7-14-11-18(33(3)4)16-9-15-10-17-22(34(5)6)25(37)21(29(31)40)28(39)30(17,41)27(38)19(15)24(36)20(16)23(14)35/h11,15,17,22,35-36,39,41H,7-10H2,1-6H3,(H2,31,40)/t15-,17-,22-,30-/m0/s1. The largest absolute Gasteiger partial charge is 0.508 e. The Hall–Kier alpha value is -4.21. The number of nitrogens with zero attached hydrogens (tertiary/aromatic N) is 3. The van der Waals surface area contributed by atoms with Gasteiger partial charge >= 0.3 is 0 Å². The van der Waals surface area contributed by atoms with Gasteiger partial charge in [-0.2, -0.15) is 0 Å². The van der Waals surface area contributed by atoms with Gasteiger partial charge in [-0.1, -0.05) is 5.16 Å². The molecule has 45 heavy (non-hydrogen) atoms. The number of amides is 1. The highest BCUT2D eigenvalue weighted by Crippen LogP contribution is 2.54. The number of rotatable bonds is 7. The van der Waals surface area contributed by atoms with Crippen molar-refractivity contribution < 1.29 is 47.8 Å². The van der Waals surface area contributed by atoms with Crippen molar-refractivity contribution in [2.24, 2.45) is 17.6 Å². The molecular formula is C30H36N4O10S. The number of benzene rings is 1. The molecule has 0 aliphatic heterocycles. The lowest BCUT2D eigenvalue weighted by Gasteiger charge is -2.50. The fourth-order valence-electron chi connectivity index (χ4n) is 7.20. The van der Waals surface area contributed by atoms with Crippen LogP contribution >= 0.6 is 0 Å². The highest BCUT2D eigenvalue weighted by Gasteiger charge is 2.64. The first-order chi connectivity index (χ1) is 20.9. The van der Waals surface area contributed by atoms with Crippen molar-refractivity contribution in [2.75, 3.05) is 38.8 Å². The Balaban J connectivity index is 1.66. The molecule has 1 aromatic carbocycles. The SMILES string of the molecule is Cc1noc(C)c1S(=O)(=O)CCc1cc(N(C)C)c2c(c1O)C(O)=C1C(=O)[C@]3(O)C(O)=C(C(N)=O)C(=O)[C@@H](N(C)C)[C@@H]3C[C@@H]1C2. The number of primary amides is 1. The zero-order chi connectivity index (χ0) is 33.5. The van der Waals surface area contributed by atoms with Crippen LogP contribution in [-0.4, -0.2) is 102 Å². The Bertz CT molecular complexity index is 1820. The van der Waals surface area contributed by atoms with Crippen molar-refractivity contribution in [1.29, 1.82) is 0 Å². The number of nitrogens with two attached hydrogens (primary N) is 1. The number of hydrogen-bond donors (Lipinski definition) is 5. The molecule has 0 radical (unpaired) electrons. The second-order valence-electron chi connectivity index (χ2n) is 12.3. The van der Waals surface area contributed by atoms with Gasteiger partial charge in [0.1, 0.15) is 27.7 Å². The number of carbonyl (C=O) groups is 3. The number of phenolic OH excluding ortho intramolecular Hbond substituents is 1. The van der Waals surface area contributed by atoms with E-state index >= 15 is 0 Å². The molecule has 14 nitrogen and oxygen atoms in total. The van der Waals surface area contributed by atoms with Crippen molar-refractivity contribution in [1.82, 2.24) is 10.1 Å². The van der Waals surface area contributed by atoms with Gasteiger partial charge in [-0.3, -0.25) is 19.3 Å². The molecule has 0 bridgehead atoms. The van der Waals surface area contributed by atoms with E-state index in [0.717, 1.165) is 0 Å². The molecule has 0 saturated heterocycles. The van der Waals surface area contributed by atoms with Crippen LogP contribution in [0.5, 0.6) is 5.75 Å². The summed E-state index contributed by atoms with van der Waals surface area (Å²) in [6.45, 7) is 2.99. The van der Waals surface area contributed by atoms with E-state index in [1.54, 1.807) is 25.1 Å². The maximum absolute atomic E-state index is 14.1. The van der Waals surface area contributed by atoms with Crippen LogP contribution in [0.25, 0.3) is 5.76 Å². The molecule has 0 unspecified atom stereocenters. The van der Waals surface area contributed by atoms with Crippen LogP contribution < -0.4 is 10.6 Å². The van der Waals surface area contributed by atoms with Gasteiger partial charge in [0.15, 0.2) is 27.0 Å². The number of anilines is 1. The van der Waals surface area contributed by atoms with Crippen molar-refractivity contribution in [3.05, 3.63) is 51.1 Å². The number of Topliss-reactive ketones (excluding diaryl/α,β-unsaturated/α-hetero) is 2. The molecule has 242 valence electrons. The number of aromatic hydroxyl groups is 1. The Morgan fingerprint density at radius 1 is 1.16 bits per heavy atom. The van der Waals surface area contributed by atoms with Crippen molar-refractivity contribution >= 4 is 38.8 Å². The van der Waals surface area contributed by atoms with Gasteiger partial charge in [0.2, 0.25) is 5.78 Å². The average molecular weight is 645 g/mol. The number of phenols is 1. The summed E-state index contributed by atoms with van der Waals surface area (Å²) < 4.78 is 31.4. The lowest BCUT2D eigenvalue weighted by molar-refractivity contribution is -0.153. The minimum Gasteiger partial charge on any atom is -0.508 e. The molecule has 1 saturated carbocycles. The average Bonchev–Trinajstić information content (AvgIpc) is 3.28. The molecule has 6 N–H and O–H groups in total. The van der Waals surface area contributed by atoms with Gasteiger partial charge in [0, 0.05) is 31.3 Å². The number of fused-ring (bicyclic) bond motifs is 3. The number of likely N-dealkylation sites (N-methyl/N-ethyl adjacent to an activating group) is 1. The predicted molar refractivity (Wildman–Crippen MR) is 160 cm³/mol. The van der Waals surface area contributed by atoms with Crippen LogP contribution in [0.2, 0.25) is 0 Å². The first-order valence-electron chi connectivity index (χ1n) is 14.2. The van der Waals surface area contributed by atoms with E-state index in [1.165, 1.54) is 32.8 Å². The molecular weight excluding hydrogens is 608 g/mol. The molecule has 1 heterocycles. The highest BCUT2D eigenvalue weighted by molar-refractivity contribution is 7.91. The monoisotopic (exact) mass is 644 g/mol. The van der Waals surface area contributed by atoms with E-state index in [4.69, 9.17) is 10.3 Å². The molecule has 5 rings (SSSR count). The van der Waals surface area contributed by atoms with Crippen LogP contribution in [0.4, 0.5) is 5.69 Å². The predicted octanol–water partition coefficient (Wildman–Crippen LogP) is 0.651. The summed E-state index contributed by atoms with van der Waals surface area (Å²) in [5.41, 5.74) is 2.73. The summed E-state index contributed by atoms with van der Waals surface area (Å²) >= 11 is 0. The smallest absolute Gasteiger partial charge is 0.255 e. The maximum Gasteiger partial charge on any atom is 0.255 e. The van der Waals surface area contributed by atoms with Gasteiger partial charge in [-0.05, 0) is 70.3 Å². The maximum atomic E-state index is 14.1. The summed E-state index contributed by atoms with van der Waals surface area (Å²) in [5, 5.41) is 49.7. The molecule has 15 heteroatoms. The van der Waals surface area contributed by atoms with Gasteiger partial charge in [0.05, 0.1) is 23.1 Å². The minimum atomic E-state index is -3.89. The normalized spacial score (nSPS) is 24.9. The molecule has 3 aliphatic rings. The number of ketones is 2. The van der Waals surface area contributed by atoms with Crippen molar-refractivity contribution in [2.45, 2.75) is 49.6 Å². The first kappa shape index (κ1) is 32.2. The summed E-state index contributed by atoms with van der Waals surface area (Å²) in [6, 6.07) is 0.433. The molecule has 1 amide bonds. The zero-order valence-corrected chi connectivity index (χ0v) is 26.5. The lowest BCUT2D eigenvalue weighted by atomic mass is 9.57. The van der Waals surface area contributed by atoms with Crippen LogP contribution in [0.3, 0.4) is 0 Å². The molecule has 3 aliphatic carbocycles. The van der Waals surface area contributed by atoms with E-state index in [0.29, 0.717) is 11.3 Å². The fraction of sp³-hybridized carbons (Fsp3) is 0.467. The highest BCUT2D eigenvalue weighted by atomic mass is 32.2. The van der Waals surface area contributed by atoms with E-state index in [2.05, 4.69) is 5.16 Å². The number of sulfone groups is 1. The summed E-state index contributed by atoms with van der Waals surface area (Å²) in [6.07, 6.45) is -0.111. The van der Waals surface area contributed by atoms with Gasteiger partial charge in [-0.25, -0.2) is 8.42 Å². The molecule has 1 aromatic heterocycles. The first-order valence-corrected chi connectivity index (χ1v) is 15.9. The van der Waals surface area contributed by atoms with E-state index in [1.807, 2.05) is 0 Å². The third-order valence-electron chi connectivity index (χ3n) is 9.18. The number of hydrogen-bond acceptors (Lipinski definition) is 13. The topological polar surface area (TPSA) is 225 Å². The number of carbonyl (C=O) groups excluding carboxylic acids is 3. The van der Waals surface area contributed by atoms with Gasteiger partial charge in [0.25, 0.3) is 5.91 Å².